The van der Waals surface area contributed by atoms with Crippen molar-refractivity contribution in [2.75, 3.05) is 13.7 Å². The molecule has 112 valence electrons. The van der Waals surface area contributed by atoms with Gasteiger partial charge in [0.15, 0.2) is 0 Å². The minimum absolute atomic E-state index is 0.514. The Balaban J connectivity index is 1.99. The van der Waals surface area contributed by atoms with E-state index >= 15 is 0 Å². The summed E-state index contributed by atoms with van der Waals surface area (Å²) in [5, 5.41) is 13.7. The molecule has 2 aromatic carbocycles. The summed E-state index contributed by atoms with van der Waals surface area (Å²) in [4.78, 5) is 0. The van der Waals surface area contributed by atoms with Crippen LogP contribution in [0, 0.1) is 13.8 Å². The molecule has 0 aromatic heterocycles. The van der Waals surface area contributed by atoms with Crippen LogP contribution < -0.4 is 10.1 Å². The standard InChI is InChI=1S/C18H23NO2/c1-13-9-16(21-3)10-14(2)18(13)17(20)12-19-11-15-7-5-4-6-8-15/h4-10,17,19-20H,11-12H2,1-3H3. The van der Waals surface area contributed by atoms with Crippen LogP contribution in [0.1, 0.15) is 28.4 Å². The van der Waals surface area contributed by atoms with E-state index in [-0.39, 0.29) is 0 Å². The summed E-state index contributed by atoms with van der Waals surface area (Å²) >= 11 is 0. The van der Waals surface area contributed by atoms with Crippen molar-refractivity contribution in [3.05, 3.63) is 64.7 Å². The van der Waals surface area contributed by atoms with Crippen molar-refractivity contribution in [2.45, 2.75) is 26.5 Å². The van der Waals surface area contributed by atoms with Gasteiger partial charge in [-0.2, -0.15) is 0 Å². The van der Waals surface area contributed by atoms with Crippen molar-refractivity contribution >= 4 is 0 Å². The number of aliphatic hydroxyl groups excluding tert-OH is 1. The van der Waals surface area contributed by atoms with E-state index in [2.05, 4.69) is 17.4 Å². The maximum Gasteiger partial charge on any atom is 0.119 e. The third-order valence-electron chi connectivity index (χ3n) is 3.65. The number of hydrogen-bond acceptors (Lipinski definition) is 3. The highest BCUT2D eigenvalue weighted by Crippen LogP contribution is 2.26. The minimum Gasteiger partial charge on any atom is -0.497 e. The Bertz CT molecular complexity index is 558. The number of aliphatic hydroxyl groups is 1. The van der Waals surface area contributed by atoms with E-state index in [1.54, 1.807) is 7.11 Å². The summed E-state index contributed by atoms with van der Waals surface area (Å²) in [5.41, 5.74) is 4.31. The Morgan fingerprint density at radius 2 is 1.71 bits per heavy atom. The van der Waals surface area contributed by atoms with Crippen LogP contribution in [0.5, 0.6) is 5.75 Å². The molecule has 0 aliphatic rings. The van der Waals surface area contributed by atoms with Crippen LogP contribution in [-0.4, -0.2) is 18.8 Å². The normalized spacial score (nSPS) is 12.2. The van der Waals surface area contributed by atoms with Crippen molar-refractivity contribution in [1.29, 1.82) is 0 Å². The molecule has 0 saturated carbocycles. The van der Waals surface area contributed by atoms with E-state index in [1.807, 2.05) is 44.2 Å². The number of aryl methyl sites for hydroxylation is 2. The van der Waals surface area contributed by atoms with E-state index in [0.717, 1.165) is 29.0 Å². The number of nitrogens with one attached hydrogen (secondary N) is 1. The minimum atomic E-state index is -0.514. The molecule has 1 unspecified atom stereocenters. The quantitative estimate of drug-likeness (QED) is 0.857. The SMILES string of the molecule is COc1cc(C)c(C(O)CNCc2ccccc2)c(C)c1. The topological polar surface area (TPSA) is 41.5 Å². The summed E-state index contributed by atoms with van der Waals surface area (Å²) < 4.78 is 5.25. The zero-order chi connectivity index (χ0) is 15.2. The van der Waals surface area contributed by atoms with Crippen LogP contribution in [0.15, 0.2) is 42.5 Å². The van der Waals surface area contributed by atoms with Crippen LogP contribution in [0.25, 0.3) is 0 Å². The van der Waals surface area contributed by atoms with Gasteiger partial charge in [-0.25, -0.2) is 0 Å². The highest BCUT2D eigenvalue weighted by Gasteiger charge is 2.14. The lowest BCUT2D eigenvalue weighted by molar-refractivity contribution is 0.173. The molecule has 0 amide bonds. The molecule has 0 saturated heterocycles. The van der Waals surface area contributed by atoms with Gasteiger partial charge < -0.3 is 15.2 Å². The molecule has 2 aromatic rings. The van der Waals surface area contributed by atoms with Gasteiger partial charge in [0.2, 0.25) is 0 Å². The van der Waals surface area contributed by atoms with Crippen LogP contribution >= 0.6 is 0 Å². The smallest absolute Gasteiger partial charge is 0.119 e. The first-order valence-electron chi connectivity index (χ1n) is 7.19. The Kier molecular flexibility index (Phi) is 5.37. The van der Waals surface area contributed by atoms with Crippen molar-refractivity contribution < 1.29 is 9.84 Å². The first-order chi connectivity index (χ1) is 10.1. The number of ether oxygens (including phenoxy) is 1. The molecule has 21 heavy (non-hydrogen) atoms. The van der Waals surface area contributed by atoms with Gasteiger partial charge >= 0.3 is 0 Å². The molecule has 1 atom stereocenters. The second-order valence-corrected chi connectivity index (χ2v) is 5.31. The Morgan fingerprint density at radius 3 is 2.29 bits per heavy atom. The number of benzene rings is 2. The van der Waals surface area contributed by atoms with Crippen molar-refractivity contribution in [3.63, 3.8) is 0 Å². The van der Waals surface area contributed by atoms with Crippen molar-refractivity contribution in [1.82, 2.24) is 5.32 Å². The molecular weight excluding hydrogens is 262 g/mol. The van der Waals surface area contributed by atoms with Gasteiger partial charge in [0.1, 0.15) is 5.75 Å². The molecule has 3 heteroatoms. The number of hydrogen-bond donors (Lipinski definition) is 2. The summed E-state index contributed by atoms with van der Waals surface area (Å²) in [5.74, 6) is 0.832. The van der Waals surface area contributed by atoms with Crippen LogP contribution in [0.3, 0.4) is 0 Å². The molecule has 0 aliphatic carbocycles. The Hall–Kier alpha value is -1.84. The summed E-state index contributed by atoms with van der Waals surface area (Å²) in [6.07, 6.45) is -0.514. The second-order valence-electron chi connectivity index (χ2n) is 5.31. The number of rotatable bonds is 6. The van der Waals surface area contributed by atoms with E-state index in [9.17, 15) is 5.11 Å². The third-order valence-corrected chi connectivity index (χ3v) is 3.65. The highest BCUT2D eigenvalue weighted by atomic mass is 16.5. The molecule has 0 heterocycles. The first-order valence-corrected chi connectivity index (χ1v) is 7.19. The molecule has 0 fully saturated rings. The Morgan fingerprint density at radius 1 is 1.10 bits per heavy atom. The van der Waals surface area contributed by atoms with Gasteiger partial charge in [-0.15, -0.1) is 0 Å². The van der Waals surface area contributed by atoms with Gasteiger partial charge in [-0.3, -0.25) is 0 Å². The fraction of sp³-hybridized carbons (Fsp3) is 0.333. The van der Waals surface area contributed by atoms with E-state index in [4.69, 9.17) is 4.74 Å². The van der Waals surface area contributed by atoms with Gasteiger partial charge in [-0.05, 0) is 48.2 Å². The molecule has 3 nitrogen and oxygen atoms in total. The van der Waals surface area contributed by atoms with Gasteiger partial charge in [0.05, 0.1) is 13.2 Å². The van der Waals surface area contributed by atoms with Crippen LogP contribution in [0.2, 0.25) is 0 Å². The van der Waals surface area contributed by atoms with Crippen LogP contribution in [0.4, 0.5) is 0 Å². The highest BCUT2D eigenvalue weighted by molar-refractivity contribution is 5.42. The molecule has 0 radical (unpaired) electrons. The van der Waals surface area contributed by atoms with Crippen molar-refractivity contribution in [3.8, 4) is 5.75 Å². The monoisotopic (exact) mass is 285 g/mol. The van der Waals surface area contributed by atoms with Gasteiger partial charge in [-0.1, -0.05) is 30.3 Å². The first kappa shape index (κ1) is 15.5. The van der Waals surface area contributed by atoms with E-state index in [0.29, 0.717) is 6.54 Å². The lowest BCUT2D eigenvalue weighted by atomic mass is 9.97. The number of methoxy groups -OCH3 is 1. The second kappa shape index (κ2) is 7.25. The Labute approximate surface area is 126 Å². The van der Waals surface area contributed by atoms with Gasteiger partial charge in [0.25, 0.3) is 0 Å². The fourth-order valence-electron chi connectivity index (χ4n) is 2.63. The lowest BCUT2D eigenvalue weighted by Crippen LogP contribution is -2.22. The molecule has 0 aliphatic heterocycles. The molecular formula is C18H23NO2. The summed E-state index contributed by atoms with van der Waals surface area (Å²) in [6.45, 7) is 5.30. The third kappa shape index (κ3) is 4.06. The zero-order valence-electron chi connectivity index (χ0n) is 12.9. The van der Waals surface area contributed by atoms with Crippen LogP contribution in [-0.2, 0) is 6.54 Å². The molecule has 0 spiro atoms. The van der Waals surface area contributed by atoms with E-state index in [1.165, 1.54) is 5.56 Å². The average Bonchev–Trinajstić information content (AvgIpc) is 2.47. The molecule has 0 bridgehead atoms. The summed E-state index contributed by atoms with van der Waals surface area (Å²) in [6, 6.07) is 14.1. The summed E-state index contributed by atoms with van der Waals surface area (Å²) in [7, 11) is 1.66. The van der Waals surface area contributed by atoms with Crippen molar-refractivity contribution in [2.24, 2.45) is 0 Å². The predicted octanol–water partition coefficient (Wildman–Crippen LogP) is 3.14. The van der Waals surface area contributed by atoms with Gasteiger partial charge in [0, 0.05) is 13.1 Å². The van der Waals surface area contributed by atoms with E-state index < -0.39 is 6.10 Å². The fourth-order valence-corrected chi connectivity index (χ4v) is 2.63. The zero-order valence-corrected chi connectivity index (χ0v) is 12.9. The average molecular weight is 285 g/mol. The maximum absolute atomic E-state index is 10.4. The molecule has 2 N–H and O–H groups in total. The predicted molar refractivity (Wildman–Crippen MR) is 85.6 cm³/mol. The lowest BCUT2D eigenvalue weighted by Gasteiger charge is -2.18. The molecule has 2 rings (SSSR count). The maximum atomic E-state index is 10.4. The largest absolute Gasteiger partial charge is 0.497 e.